The van der Waals surface area contributed by atoms with E-state index in [2.05, 4.69) is 62.5 Å². The number of amides is 1. The topological polar surface area (TPSA) is 61.4 Å². The van der Waals surface area contributed by atoms with Crippen molar-refractivity contribution in [1.82, 2.24) is 25.1 Å². The lowest BCUT2D eigenvalue weighted by Gasteiger charge is -2.40. The molecule has 1 atom stereocenters. The van der Waals surface area contributed by atoms with Gasteiger partial charge in [0.05, 0.1) is 11.9 Å². The molecule has 1 N–H and O–H groups in total. The van der Waals surface area contributed by atoms with E-state index in [9.17, 15) is 4.79 Å². The number of likely N-dealkylation sites (N-methyl/N-ethyl adjacent to an activating group) is 1. The fourth-order valence-electron chi connectivity index (χ4n) is 3.30. The van der Waals surface area contributed by atoms with Gasteiger partial charge in [-0.25, -0.2) is 4.98 Å². The van der Waals surface area contributed by atoms with Crippen LogP contribution in [-0.4, -0.2) is 65.4 Å². The van der Waals surface area contributed by atoms with E-state index >= 15 is 0 Å². The van der Waals surface area contributed by atoms with E-state index in [0.29, 0.717) is 18.3 Å². The number of carbonyl (C=O) groups excluding carboxylic acids is 1. The lowest BCUT2D eigenvalue weighted by molar-refractivity contribution is 0.0864. The van der Waals surface area contributed by atoms with E-state index < -0.39 is 0 Å². The van der Waals surface area contributed by atoms with Gasteiger partial charge in [-0.15, -0.1) is 0 Å². The van der Waals surface area contributed by atoms with Crippen molar-refractivity contribution >= 4 is 5.91 Å². The van der Waals surface area contributed by atoms with Gasteiger partial charge in [-0.2, -0.15) is 0 Å². The van der Waals surface area contributed by atoms with Crippen LogP contribution in [0.1, 0.15) is 34.2 Å². The van der Waals surface area contributed by atoms with Crippen LogP contribution in [-0.2, 0) is 0 Å². The highest BCUT2D eigenvalue weighted by Gasteiger charge is 2.25. The molecule has 1 unspecified atom stereocenters. The molecular formula is C20H27N5O. The molecule has 1 aromatic carbocycles. The van der Waals surface area contributed by atoms with E-state index in [4.69, 9.17) is 0 Å². The number of piperazine rings is 1. The second-order valence-corrected chi connectivity index (χ2v) is 6.88. The van der Waals surface area contributed by atoms with Crippen LogP contribution in [0.15, 0.2) is 42.7 Å². The summed E-state index contributed by atoms with van der Waals surface area (Å²) >= 11 is 0. The normalized spacial score (nSPS) is 18.6. The molecule has 2 heterocycles. The molecule has 1 aromatic heterocycles. The van der Waals surface area contributed by atoms with Crippen molar-refractivity contribution in [3.63, 3.8) is 0 Å². The van der Waals surface area contributed by atoms with Crippen LogP contribution in [0.4, 0.5) is 0 Å². The summed E-state index contributed by atoms with van der Waals surface area (Å²) in [5, 5.41) is 2.94. The summed E-state index contributed by atoms with van der Waals surface area (Å²) in [6.45, 7) is 6.63. The Morgan fingerprint density at radius 3 is 2.73 bits per heavy atom. The minimum absolute atomic E-state index is 0.157. The number of hydrogen-bond donors (Lipinski definition) is 1. The first-order valence-corrected chi connectivity index (χ1v) is 9.18. The van der Waals surface area contributed by atoms with Crippen LogP contribution in [0, 0.1) is 6.92 Å². The molecule has 1 aliphatic rings. The average molecular weight is 353 g/mol. The molecule has 0 bridgehead atoms. The van der Waals surface area contributed by atoms with E-state index in [0.717, 1.165) is 38.3 Å². The van der Waals surface area contributed by atoms with Crippen LogP contribution in [0.2, 0.25) is 0 Å². The third-order valence-electron chi connectivity index (χ3n) is 4.80. The molecule has 0 spiro atoms. The quantitative estimate of drug-likeness (QED) is 0.804. The van der Waals surface area contributed by atoms with Gasteiger partial charge in [-0.05, 0) is 26.0 Å². The number of nitrogens with zero attached hydrogens (tertiary/aromatic N) is 4. The lowest BCUT2D eigenvalue weighted by atomic mass is 10.0. The second-order valence-electron chi connectivity index (χ2n) is 6.88. The summed E-state index contributed by atoms with van der Waals surface area (Å²) < 4.78 is 0. The Balaban J connectivity index is 1.49. The Kier molecular flexibility index (Phi) is 6.30. The first kappa shape index (κ1) is 18.5. The molecule has 2 aromatic rings. The number of aryl methyl sites for hydroxylation is 1. The largest absolute Gasteiger partial charge is 0.351 e. The van der Waals surface area contributed by atoms with Crippen LogP contribution in [0.3, 0.4) is 0 Å². The highest BCUT2D eigenvalue weighted by Crippen LogP contribution is 2.24. The summed E-state index contributed by atoms with van der Waals surface area (Å²) in [5.74, 6) is -0.157. The predicted molar refractivity (Wildman–Crippen MR) is 102 cm³/mol. The molecule has 3 rings (SSSR count). The Morgan fingerprint density at radius 1 is 1.19 bits per heavy atom. The summed E-state index contributed by atoms with van der Waals surface area (Å²) in [6, 6.07) is 11.1. The summed E-state index contributed by atoms with van der Waals surface area (Å²) in [6.07, 6.45) is 4.05. The van der Waals surface area contributed by atoms with Gasteiger partial charge in [0.1, 0.15) is 5.69 Å². The Morgan fingerprint density at radius 2 is 2.00 bits per heavy atom. The van der Waals surface area contributed by atoms with Crippen LogP contribution >= 0.6 is 0 Å². The molecule has 1 aliphatic heterocycles. The molecule has 0 saturated carbocycles. The van der Waals surface area contributed by atoms with Crippen LogP contribution in [0.5, 0.6) is 0 Å². The third kappa shape index (κ3) is 4.86. The van der Waals surface area contributed by atoms with Gasteiger partial charge in [0, 0.05) is 45.0 Å². The number of hydrogen-bond acceptors (Lipinski definition) is 5. The van der Waals surface area contributed by atoms with Crippen molar-refractivity contribution in [3.8, 4) is 0 Å². The maximum Gasteiger partial charge on any atom is 0.271 e. The van der Waals surface area contributed by atoms with Gasteiger partial charge >= 0.3 is 0 Å². The average Bonchev–Trinajstić information content (AvgIpc) is 2.67. The second kappa shape index (κ2) is 8.87. The summed E-state index contributed by atoms with van der Waals surface area (Å²) in [5.41, 5.74) is 2.54. The fourth-order valence-corrected chi connectivity index (χ4v) is 3.30. The molecule has 138 valence electrons. The number of benzene rings is 1. The van der Waals surface area contributed by atoms with Crippen molar-refractivity contribution in [1.29, 1.82) is 0 Å². The summed E-state index contributed by atoms with van der Waals surface area (Å²) in [4.78, 5) is 25.2. The smallest absolute Gasteiger partial charge is 0.271 e. The van der Waals surface area contributed by atoms with Crippen LogP contribution < -0.4 is 5.32 Å². The zero-order chi connectivity index (χ0) is 18.4. The van der Waals surface area contributed by atoms with Crippen molar-refractivity contribution < 1.29 is 4.79 Å². The highest BCUT2D eigenvalue weighted by atomic mass is 16.1. The van der Waals surface area contributed by atoms with Gasteiger partial charge < -0.3 is 10.2 Å². The van der Waals surface area contributed by atoms with Crippen molar-refractivity contribution in [2.45, 2.75) is 19.4 Å². The van der Waals surface area contributed by atoms with Gasteiger partial charge in [0.2, 0.25) is 0 Å². The van der Waals surface area contributed by atoms with E-state index in [1.54, 1.807) is 6.20 Å². The van der Waals surface area contributed by atoms with E-state index in [-0.39, 0.29) is 5.91 Å². The van der Waals surface area contributed by atoms with E-state index in [1.165, 1.54) is 11.8 Å². The molecular weight excluding hydrogens is 326 g/mol. The lowest BCUT2D eigenvalue weighted by Crippen LogP contribution is -2.47. The molecule has 26 heavy (non-hydrogen) atoms. The molecule has 0 radical (unpaired) electrons. The maximum atomic E-state index is 12.1. The monoisotopic (exact) mass is 353 g/mol. The molecule has 0 aliphatic carbocycles. The van der Waals surface area contributed by atoms with Gasteiger partial charge in [-0.1, -0.05) is 30.3 Å². The standard InChI is InChI=1S/C20H27N5O/c1-16-13-23-18(14-22-16)20(26)21-9-6-10-25-12-11-24(2)15-19(25)17-7-4-3-5-8-17/h3-5,7-8,13-14,19H,6,9-12,15H2,1-2H3,(H,21,26). The minimum Gasteiger partial charge on any atom is -0.351 e. The van der Waals surface area contributed by atoms with Crippen molar-refractivity contribution in [3.05, 3.63) is 59.7 Å². The number of aromatic nitrogens is 2. The number of carbonyl (C=O) groups is 1. The third-order valence-corrected chi connectivity index (χ3v) is 4.80. The fraction of sp³-hybridized carbons (Fsp3) is 0.450. The first-order chi connectivity index (χ1) is 12.6. The first-order valence-electron chi connectivity index (χ1n) is 9.18. The number of rotatable bonds is 6. The Bertz CT molecular complexity index is 704. The van der Waals surface area contributed by atoms with Crippen molar-refractivity contribution in [2.24, 2.45) is 0 Å². The van der Waals surface area contributed by atoms with Gasteiger partial charge in [0.15, 0.2) is 0 Å². The summed E-state index contributed by atoms with van der Waals surface area (Å²) in [7, 11) is 2.18. The Labute approximate surface area is 155 Å². The molecule has 6 heteroatoms. The molecule has 6 nitrogen and oxygen atoms in total. The van der Waals surface area contributed by atoms with Gasteiger partial charge in [0.25, 0.3) is 5.91 Å². The minimum atomic E-state index is -0.157. The zero-order valence-electron chi connectivity index (χ0n) is 15.6. The predicted octanol–water partition coefficient (Wildman–Crippen LogP) is 1.89. The van der Waals surface area contributed by atoms with Crippen molar-refractivity contribution in [2.75, 3.05) is 39.8 Å². The molecule has 1 fully saturated rings. The zero-order valence-corrected chi connectivity index (χ0v) is 15.6. The molecule has 1 saturated heterocycles. The Hall–Kier alpha value is -2.31. The number of nitrogens with one attached hydrogen (secondary N) is 1. The van der Waals surface area contributed by atoms with Gasteiger partial charge in [-0.3, -0.25) is 14.7 Å². The maximum absolute atomic E-state index is 12.1. The van der Waals surface area contributed by atoms with E-state index in [1.807, 2.05) is 6.92 Å². The highest BCUT2D eigenvalue weighted by molar-refractivity contribution is 5.91. The molecule has 1 amide bonds. The van der Waals surface area contributed by atoms with Crippen LogP contribution in [0.25, 0.3) is 0 Å². The SMILES string of the molecule is Cc1cnc(C(=O)NCCCN2CCN(C)CC2c2ccccc2)cn1.